The van der Waals surface area contributed by atoms with Crippen LogP contribution in [0.4, 0.5) is 10.2 Å². The number of hydrogen-bond acceptors (Lipinski definition) is 5. The van der Waals surface area contributed by atoms with Gasteiger partial charge in [0.05, 0.1) is 5.69 Å². The Morgan fingerprint density at radius 3 is 2.66 bits per heavy atom. The second kappa shape index (κ2) is 7.58. The predicted molar refractivity (Wildman–Crippen MR) is 109 cm³/mol. The van der Waals surface area contributed by atoms with E-state index in [2.05, 4.69) is 20.5 Å². The van der Waals surface area contributed by atoms with E-state index in [4.69, 9.17) is 5.73 Å². The molecule has 4 rings (SSSR count). The number of nitrogens with two attached hydrogens (primary N) is 1. The Bertz CT molecular complexity index is 1020. The molecule has 6 nitrogen and oxygen atoms in total. The van der Waals surface area contributed by atoms with Crippen molar-refractivity contribution in [2.24, 2.45) is 5.73 Å². The lowest BCUT2D eigenvalue weighted by molar-refractivity contribution is 0.0993. The van der Waals surface area contributed by atoms with E-state index in [-0.39, 0.29) is 5.41 Å². The van der Waals surface area contributed by atoms with Crippen LogP contribution in [0.15, 0.2) is 54.7 Å². The quantitative estimate of drug-likeness (QED) is 0.671. The van der Waals surface area contributed by atoms with Gasteiger partial charge in [-0.15, -0.1) is 10.2 Å². The largest absolute Gasteiger partial charge is 0.368 e. The van der Waals surface area contributed by atoms with Crippen molar-refractivity contribution >= 4 is 11.7 Å². The lowest BCUT2D eigenvalue weighted by atomic mass is 9.65. The maximum atomic E-state index is 13.7. The molecule has 1 saturated carbocycles. The van der Waals surface area contributed by atoms with Crippen molar-refractivity contribution in [1.82, 2.24) is 15.2 Å². The molecule has 148 valence electrons. The summed E-state index contributed by atoms with van der Waals surface area (Å²) in [4.78, 5) is 15.9. The first-order chi connectivity index (χ1) is 14.0. The number of benzene rings is 1. The highest BCUT2D eigenvalue weighted by molar-refractivity contribution is 5.94. The summed E-state index contributed by atoms with van der Waals surface area (Å²) in [5.41, 5.74) is 8.81. The number of amides is 1. The molecule has 0 spiro atoms. The highest BCUT2D eigenvalue weighted by Gasteiger charge is 2.46. The third-order valence-electron chi connectivity index (χ3n) is 5.50. The zero-order valence-corrected chi connectivity index (χ0v) is 16.1. The molecule has 3 N–H and O–H groups in total. The molecular weight excluding hydrogens is 369 g/mol. The normalized spacial score (nSPS) is 20.7. The zero-order valence-electron chi connectivity index (χ0n) is 16.1. The minimum Gasteiger partial charge on any atom is -0.368 e. The molecule has 1 amide bonds. The van der Waals surface area contributed by atoms with Gasteiger partial charge in [0.15, 0.2) is 0 Å². The van der Waals surface area contributed by atoms with Crippen LogP contribution in [0.3, 0.4) is 0 Å². The van der Waals surface area contributed by atoms with Crippen LogP contribution in [0.25, 0.3) is 11.3 Å². The molecule has 29 heavy (non-hydrogen) atoms. The monoisotopic (exact) mass is 391 g/mol. The minimum atomic E-state index is -0.798. The fourth-order valence-electron chi connectivity index (χ4n) is 3.79. The van der Waals surface area contributed by atoms with Gasteiger partial charge in [-0.1, -0.05) is 12.1 Å². The molecule has 1 aromatic carbocycles. The van der Waals surface area contributed by atoms with Gasteiger partial charge in [0.25, 0.3) is 0 Å². The summed E-state index contributed by atoms with van der Waals surface area (Å²) in [6.07, 6.45) is 1.83. The Labute approximate surface area is 168 Å². The molecule has 7 heteroatoms. The Morgan fingerprint density at radius 1 is 1.21 bits per heavy atom. The van der Waals surface area contributed by atoms with Gasteiger partial charge in [0.2, 0.25) is 5.91 Å². The van der Waals surface area contributed by atoms with Crippen LogP contribution in [0.2, 0.25) is 0 Å². The number of halogens is 1. The highest BCUT2D eigenvalue weighted by atomic mass is 19.1. The first kappa shape index (κ1) is 19.0. The van der Waals surface area contributed by atoms with Gasteiger partial charge in [-0.3, -0.25) is 9.78 Å². The lowest BCUT2D eigenvalue weighted by Crippen LogP contribution is -2.48. The average Bonchev–Trinajstić information content (AvgIpc) is 2.71. The number of nitrogens with zero attached hydrogens (tertiary/aromatic N) is 3. The van der Waals surface area contributed by atoms with Gasteiger partial charge >= 0.3 is 0 Å². The van der Waals surface area contributed by atoms with Gasteiger partial charge in [-0.05, 0) is 61.7 Å². The van der Waals surface area contributed by atoms with Crippen molar-refractivity contribution in [3.8, 4) is 11.3 Å². The number of nitrogens with one attached hydrogen (secondary N) is 1. The van der Waals surface area contributed by atoms with E-state index in [1.165, 1.54) is 0 Å². The van der Waals surface area contributed by atoms with Crippen LogP contribution in [-0.4, -0.2) is 33.8 Å². The van der Waals surface area contributed by atoms with E-state index < -0.39 is 12.1 Å². The molecule has 2 aromatic heterocycles. The van der Waals surface area contributed by atoms with Gasteiger partial charge in [0, 0.05) is 35.0 Å². The number of aromatic nitrogens is 3. The third-order valence-corrected chi connectivity index (χ3v) is 5.50. The molecule has 0 bridgehead atoms. The Kier molecular flexibility index (Phi) is 4.96. The number of hydrogen-bond donors (Lipinski definition) is 2. The van der Waals surface area contributed by atoms with Crippen molar-refractivity contribution in [2.45, 2.75) is 31.4 Å². The summed E-state index contributed by atoms with van der Waals surface area (Å²) in [6, 6.07) is 14.6. The van der Waals surface area contributed by atoms with Crippen LogP contribution in [0, 0.1) is 6.92 Å². The minimum absolute atomic E-state index is 0.326. The summed E-state index contributed by atoms with van der Waals surface area (Å²) in [6.45, 7) is 2.48. The van der Waals surface area contributed by atoms with E-state index in [1.807, 2.05) is 43.3 Å². The van der Waals surface area contributed by atoms with Crippen molar-refractivity contribution in [3.63, 3.8) is 0 Å². The van der Waals surface area contributed by atoms with Crippen LogP contribution >= 0.6 is 0 Å². The molecule has 3 aromatic rings. The number of anilines is 1. The summed E-state index contributed by atoms with van der Waals surface area (Å²) in [5.74, 6) is 0.124. The fourth-order valence-corrected chi connectivity index (χ4v) is 3.79. The van der Waals surface area contributed by atoms with E-state index in [1.54, 1.807) is 18.3 Å². The molecule has 1 aliphatic carbocycles. The molecular formula is C22H22FN5O. The Balaban J connectivity index is 1.50. The van der Waals surface area contributed by atoms with Gasteiger partial charge < -0.3 is 11.1 Å². The van der Waals surface area contributed by atoms with Gasteiger partial charge in [0.1, 0.15) is 12.0 Å². The second-order valence-electron chi connectivity index (χ2n) is 7.55. The average molecular weight is 391 g/mol. The Hall–Kier alpha value is -3.35. The molecule has 1 aliphatic rings. The maximum Gasteiger partial charge on any atom is 0.248 e. The van der Waals surface area contributed by atoms with Gasteiger partial charge in [-0.2, -0.15) is 0 Å². The predicted octanol–water partition coefficient (Wildman–Crippen LogP) is 3.43. The zero-order chi connectivity index (χ0) is 20.4. The summed E-state index contributed by atoms with van der Waals surface area (Å²) in [7, 11) is 0. The van der Waals surface area contributed by atoms with E-state index in [0.717, 1.165) is 16.8 Å². The van der Waals surface area contributed by atoms with Crippen LogP contribution in [-0.2, 0) is 5.41 Å². The van der Waals surface area contributed by atoms with Crippen LogP contribution < -0.4 is 11.1 Å². The van der Waals surface area contributed by atoms with Crippen molar-refractivity contribution in [2.75, 3.05) is 11.9 Å². The summed E-state index contributed by atoms with van der Waals surface area (Å²) in [5, 5.41) is 11.8. The SMILES string of the molecule is Cc1ccc(C(N)=O)cc1-c1ccc(NCC2(c3ccccn3)CC(F)C2)nn1. The molecule has 0 unspecified atom stereocenters. The maximum absolute atomic E-state index is 13.7. The third kappa shape index (κ3) is 3.81. The molecule has 0 radical (unpaired) electrons. The highest BCUT2D eigenvalue weighted by Crippen LogP contribution is 2.44. The topological polar surface area (TPSA) is 93.8 Å². The number of pyridine rings is 1. The number of alkyl halides is 1. The van der Waals surface area contributed by atoms with E-state index >= 15 is 0 Å². The number of primary amides is 1. The standard InChI is InChI=1S/C22H22FN5O/c1-14-5-6-15(21(24)29)10-17(14)18-7-8-20(28-27-18)26-13-22(11-16(23)12-22)19-4-2-3-9-25-19/h2-10,16H,11-13H2,1H3,(H2,24,29)(H,26,28). The first-order valence-electron chi connectivity index (χ1n) is 9.51. The smallest absolute Gasteiger partial charge is 0.248 e. The first-order valence-corrected chi connectivity index (χ1v) is 9.51. The molecule has 2 heterocycles. The van der Waals surface area contributed by atoms with E-state index in [9.17, 15) is 9.18 Å². The molecule has 0 aliphatic heterocycles. The molecule has 1 fully saturated rings. The van der Waals surface area contributed by atoms with Crippen molar-refractivity contribution in [3.05, 3.63) is 71.5 Å². The number of carbonyl (C=O) groups is 1. The number of carbonyl (C=O) groups excluding carboxylic acids is 1. The van der Waals surface area contributed by atoms with Crippen molar-refractivity contribution < 1.29 is 9.18 Å². The fraction of sp³-hybridized carbons (Fsp3) is 0.273. The molecule has 0 atom stereocenters. The lowest BCUT2D eigenvalue weighted by Gasteiger charge is -2.43. The second-order valence-corrected chi connectivity index (χ2v) is 7.55. The number of aryl methyl sites for hydroxylation is 1. The summed E-state index contributed by atoms with van der Waals surface area (Å²) < 4.78 is 13.7. The van der Waals surface area contributed by atoms with Crippen molar-refractivity contribution in [1.29, 1.82) is 0 Å². The summed E-state index contributed by atoms with van der Waals surface area (Å²) >= 11 is 0. The molecule has 0 saturated heterocycles. The van der Waals surface area contributed by atoms with Crippen LogP contribution in [0.5, 0.6) is 0 Å². The Morgan fingerprint density at radius 2 is 2.03 bits per heavy atom. The van der Waals surface area contributed by atoms with E-state index in [0.29, 0.717) is 36.5 Å². The van der Waals surface area contributed by atoms with Gasteiger partial charge in [-0.25, -0.2) is 4.39 Å². The number of rotatable bonds is 6. The van der Waals surface area contributed by atoms with Crippen LogP contribution in [0.1, 0.15) is 34.5 Å².